The quantitative estimate of drug-likeness (QED) is 0.790. The van der Waals surface area contributed by atoms with Crippen LogP contribution in [0.25, 0.3) is 0 Å². The van der Waals surface area contributed by atoms with Crippen molar-refractivity contribution in [1.29, 1.82) is 0 Å². The summed E-state index contributed by atoms with van der Waals surface area (Å²) in [6, 6.07) is -0.0795. The number of carbonyl (C=O) groups is 1. The number of nitrogens with zero attached hydrogens (tertiary/aromatic N) is 2. The normalized spacial score (nSPS) is 19.7. The first kappa shape index (κ1) is 15.8. The molecule has 0 saturated carbocycles. The third-order valence-electron chi connectivity index (χ3n) is 3.72. The van der Waals surface area contributed by atoms with Crippen molar-refractivity contribution >= 4 is 6.03 Å². The largest absolute Gasteiger partial charge is 0.348 e. The van der Waals surface area contributed by atoms with Gasteiger partial charge in [-0.15, -0.1) is 0 Å². The van der Waals surface area contributed by atoms with Crippen molar-refractivity contribution in [3.8, 4) is 0 Å². The van der Waals surface area contributed by atoms with Crippen LogP contribution < -0.4 is 10.6 Å². The summed E-state index contributed by atoms with van der Waals surface area (Å²) in [6.45, 7) is 11.7. The second-order valence-corrected chi connectivity index (χ2v) is 6.95. The number of carbonyl (C=O) groups excluding carboxylic acids is 1. The van der Waals surface area contributed by atoms with Crippen molar-refractivity contribution in [3.05, 3.63) is 17.7 Å². The van der Waals surface area contributed by atoms with Gasteiger partial charge in [0.15, 0.2) is 0 Å². The number of rotatable bonds is 4. The molecule has 1 unspecified atom stereocenters. The van der Waals surface area contributed by atoms with E-state index in [0.29, 0.717) is 5.92 Å². The molecule has 0 bridgehead atoms. The Morgan fingerprint density at radius 3 is 2.90 bits per heavy atom. The molecule has 0 aromatic carbocycles. The minimum absolute atomic E-state index is 0.0795. The minimum atomic E-state index is -0.191. The lowest BCUT2D eigenvalue weighted by Crippen LogP contribution is -2.47. The second-order valence-electron chi connectivity index (χ2n) is 6.95. The van der Waals surface area contributed by atoms with Gasteiger partial charge in [0.05, 0.1) is 12.0 Å². The van der Waals surface area contributed by atoms with Gasteiger partial charge in [0, 0.05) is 30.9 Å². The van der Waals surface area contributed by atoms with Gasteiger partial charge in [-0.1, -0.05) is 0 Å². The van der Waals surface area contributed by atoms with Gasteiger partial charge in [0.25, 0.3) is 0 Å². The Hall–Kier alpha value is -1.56. The minimum Gasteiger partial charge on any atom is -0.348 e. The van der Waals surface area contributed by atoms with E-state index in [4.69, 9.17) is 0 Å². The summed E-state index contributed by atoms with van der Waals surface area (Å²) >= 11 is 0. The zero-order valence-electron chi connectivity index (χ0n) is 13.5. The number of aromatic nitrogens is 2. The van der Waals surface area contributed by atoms with E-state index in [9.17, 15) is 4.79 Å². The van der Waals surface area contributed by atoms with Crippen LogP contribution in [0, 0.1) is 12.8 Å². The third kappa shape index (κ3) is 5.04. The summed E-state index contributed by atoms with van der Waals surface area (Å²) in [4.78, 5) is 21.6. The number of nitrogens with one attached hydrogen (secondary N) is 3. The van der Waals surface area contributed by atoms with Crippen LogP contribution in [0.5, 0.6) is 0 Å². The zero-order valence-corrected chi connectivity index (χ0v) is 13.5. The fraction of sp³-hybridized carbons (Fsp3) is 0.733. The molecule has 1 saturated heterocycles. The molecule has 2 heterocycles. The predicted octanol–water partition coefficient (Wildman–Crippen LogP) is 1.64. The highest BCUT2D eigenvalue weighted by atomic mass is 16.2. The topological polar surface area (TPSA) is 73.0 Å². The van der Waals surface area contributed by atoms with Crippen molar-refractivity contribution in [1.82, 2.24) is 25.5 Å². The Bertz CT molecular complexity index is 477. The van der Waals surface area contributed by atoms with Crippen LogP contribution in [0.1, 0.15) is 38.6 Å². The van der Waals surface area contributed by atoms with Gasteiger partial charge in [-0.2, -0.15) is 0 Å². The van der Waals surface area contributed by atoms with Crippen molar-refractivity contribution in [2.24, 2.45) is 5.92 Å². The lowest BCUT2D eigenvalue weighted by atomic mass is 10.1. The molecule has 6 heteroatoms. The Morgan fingerprint density at radius 2 is 2.29 bits per heavy atom. The first-order chi connectivity index (χ1) is 9.83. The van der Waals surface area contributed by atoms with Gasteiger partial charge in [-0.3, -0.25) is 4.90 Å². The van der Waals surface area contributed by atoms with Gasteiger partial charge in [-0.25, -0.2) is 9.78 Å². The standard InChI is InChI=1S/C15H27N5O/c1-11-13(18-10-17-11)9-20-6-5-12(8-20)7-16-14(21)19-15(2,3)4/h10,12H,5-9H2,1-4H3,(H,17,18)(H2,16,19,21). The van der Waals surface area contributed by atoms with E-state index in [-0.39, 0.29) is 11.6 Å². The maximum absolute atomic E-state index is 11.7. The highest BCUT2D eigenvalue weighted by Crippen LogP contribution is 2.18. The van der Waals surface area contributed by atoms with Crippen LogP contribution >= 0.6 is 0 Å². The molecule has 1 fully saturated rings. The van der Waals surface area contributed by atoms with Crippen molar-refractivity contribution in [3.63, 3.8) is 0 Å². The Kier molecular flexibility index (Phi) is 4.88. The number of aryl methyl sites for hydroxylation is 1. The summed E-state index contributed by atoms with van der Waals surface area (Å²) in [5.41, 5.74) is 2.07. The summed E-state index contributed by atoms with van der Waals surface area (Å²) in [5.74, 6) is 0.523. The number of likely N-dealkylation sites (tertiary alicyclic amines) is 1. The molecule has 0 aliphatic carbocycles. The van der Waals surface area contributed by atoms with Gasteiger partial charge in [0.1, 0.15) is 0 Å². The maximum atomic E-state index is 11.7. The second kappa shape index (κ2) is 6.47. The third-order valence-corrected chi connectivity index (χ3v) is 3.72. The van der Waals surface area contributed by atoms with E-state index in [2.05, 4.69) is 25.5 Å². The molecular formula is C15H27N5O. The Morgan fingerprint density at radius 1 is 1.52 bits per heavy atom. The smallest absolute Gasteiger partial charge is 0.315 e. The molecule has 2 amide bonds. The number of amides is 2. The Balaban J connectivity index is 1.71. The van der Waals surface area contributed by atoms with Gasteiger partial charge < -0.3 is 15.6 Å². The monoisotopic (exact) mass is 293 g/mol. The summed E-state index contributed by atoms with van der Waals surface area (Å²) in [6.07, 6.45) is 2.87. The van der Waals surface area contributed by atoms with Crippen LogP contribution in [0.15, 0.2) is 6.33 Å². The molecule has 1 aliphatic heterocycles. The molecule has 6 nitrogen and oxygen atoms in total. The van der Waals surface area contributed by atoms with Crippen molar-refractivity contribution in [2.75, 3.05) is 19.6 Å². The number of H-pyrrole nitrogens is 1. The maximum Gasteiger partial charge on any atom is 0.315 e. The van der Waals surface area contributed by atoms with E-state index in [1.807, 2.05) is 27.7 Å². The number of hydrogen-bond acceptors (Lipinski definition) is 3. The Labute approximate surface area is 126 Å². The van der Waals surface area contributed by atoms with Crippen LogP contribution in [0.2, 0.25) is 0 Å². The van der Waals surface area contributed by atoms with Crippen molar-refractivity contribution in [2.45, 2.75) is 46.2 Å². The van der Waals surface area contributed by atoms with Gasteiger partial charge >= 0.3 is 6.03 Å². The lowest BCUT2D eigenvalue weighted by Gasteiger charge is -2.21. The average molecular weight is 293 g/mol. The van der Waals surface area contributed by atoms with Gasteiger partial charge in [0.2, 0.25) is 0 Å². The van der Waals surface area contributed by atoms with Crippen LogP contribution in [0.3, 0.4) is 0 Å². The molecule has 0 spiro atoms. The molecule has 1 aromatic rings. The molecule has 1 aliphatic rings. The number of hydrogen-bond donors (Lipinski definition) is 3. The summed E-state index contributed by atoms with van der Waals surface area (Å²) in [5, 5.41) is 5.89. The summed E-state index contributed by atoms with van der Waals surface area (Å²) in [7, 11) is 0. The van der Waals surface area contributed by atoms with E-state index in [1.165, 1.54) is 0 Å². The molecule has 21 heavy (non-hydrogen) atoms. The van der Waals surface area contributed by atoms with E-state index in [1.54, 1.807) is 6.33 Å². The van der Waals surface area contributed by atoms with E-state index >= 15 is 0 Å². The number of imidazole rings is 1. The predicted molar refractivity (Wildman–Crippen MR) is 83.0 cm³/mol. The van der Waals surface area contributed by atoms with Crippen molar-refractivity contribution < 1.29 is 4.79 Å². The first-order valence-electron chi connectivity index (χ1n) is 7.61. The lowest BCUT2D eigenvalue weighted by molar-refractivity contribution is 0.229. The average Bonchev–Trinajstić information content (AvgIpc) is 2.96. The zero-order chi connectivity index (χ0) is 15.5. The highest BCUT2D eigenvalue weighted by Gasteiger charge is 2.24. The molecule has 1 aromatic heterocycles. The highest BCUT2D eigenvalue weighted by molar-refractivity contribution is 5.74. The number of urea groups is 1. The van der Waals surface area contributed by atoms with E-state index < -0.39 is 0 Å². The van der Waals surface area contributed by atoms with Crippen LogP contribution in [-0.2, 0) is 6.54 Å². The molecule has 3 N–H and O–H groups in total. The molecular weight excluding hydrogens is 266 g/mol. The van der Waals surface area contributed by atoms with Crippen LogP contribution in [-0.4, -0.2) is 46.1 Å². The summed E-state index contributed by atoms with van der Waals surface area (Å²) < 4.78 is 0. The SMILES string of the molecule is Cc1[nH]cnc1CN1CCC(CNC(=O)NC(C)(C)C)C1. The molecule has 118 valence electrons. The molecule has 1 atom stereocenters. The number of aromatic amines is 1. The molecule has 0 radical (unpaired) electrons. The fourth-order valence-corrected chi connectivity index (χ4v) is 2.60. The van der Waals surface area contributed by atoms with Crippen LogP contribution in [0.4, 0.5) is 4.79 Å². The molecule has 2 rings (SSSR count). The van der Waals surface area contributed by atoms with Gasteiger partial charge in [-0.05, 0) is 46.6 Å². The van der Waals surface area contributed by atoms with E-state index in [0.717, 1.165) is 44.0 Å². The fourth-order valence-electron chi connectivity index (χ4n) is 2.60. The first-order valence-corrected chi connectivity index (χ1v) is 7.61.